The lowest BCUT2D eigenvalue weighted by atomic mass is 10.3. The van der Waals surface area contributed by atoms with Crippen molar-refractivity contribution >= 4 is 6.29 Å². The third-order valence-corrected chi connectivity index (χ3v) is 1.27. The second-order valence-electron chi connectivity index (χ2n) is 1.97. The van der Waals surface area contributed by atoms with Crippen molar-refractivity contribution in [1.29, 1.82) is 0 Å². The van der Waals surface area contributed by atoms with Crippen LogP contribution in [0.1, 0.15) is 10.4 Å². The number of nitrogens with zero attached hydrogens (tertiary/aromatic N) is 1. The molecule has 12 heavy (non-hydrogen) atoms. The number of aldehydes is 1. The molecule has 1 aromatic rings. The normalized spacial score (nSPS) is 9.58. The first-order valence-corrected chi connectivity index (χ1v) is 3.04. The fraction of sp³-hybridized carbons (Fsp3) is 0.143. The van der Waals surface area contributed by atoms with Gasteiger partial charge in [0.2, 0.25) is 11.8 Å². The van der Waals surface area contributed by atoms with Gasteiger partial charge in [0.15, 0.2) is 6.29 Å². The van der Waals surface area contributed by atoms with Crippen molar-refractivity contribution in [1.82, 2.24) is 4.98 Å². The molecule has 0 atom stereocenters. The van der Waals surface area contributed by atoms with Crippen molar-refractivity contribution in [2.75, 3.05) is 7.11 Å². The number of halogens is 2. The predicted molar refractivity (Wildman–Crippen MR) is 36.1 cm³/mol. The molecule has 5 heteroatoms. The molecule has 0 N–H and O–H groups in total. The maximum atomic E-state index is 12.7. The highest BCUT2D eigenvalue weighted by atomic mass is 19.1. The Morgan fingerprint density at radius 2 is 2.25 bits per heavy atom. The summed E-state index contributed by atoms with van der Waals surface area (Å²) in [5.74, 6) is -2.34. The lowest BCUT2D eigenvalue weighted by molar-refractivity contribution is 0.111. The molecule has 0 saturated heterocycles. The summed E-state index contributed by atoms with van der Waals surface area (Å²) < 4.78 is 29.8. The molecule has 0 spiro atoms. The van der Waals surface area contributed by atoms with Crippen molar-refractivity contribution in [2.24, 2.45) is 0 Å². The molecule has 0 aliphatic heterocycles. The Bertz CT molecular complexity index is 291. The zero-order valence-electron chi connectivity index (χ0n) is 6.17. The van der Waals surface area contributed by atoms with E-state index in [1.807, 2.05) is 0 Å². The Morgan fingerprint density at radius 3 is 2.67 bits per heavy atom. The van der Waals surface area contributed by atoms with Gasteiger partial charge in [0, 0.05) is 6.07 Å². The van der Waals surface area contributed by atoms with Gasteiger partial charge in [-0.25, -0.2) is 4.39 Å². The van der Waals surface area contributed by atoms with Gasteiger partial charge in [0.25, 0.3) is 0 Å². The molecule has 0 amide bonds. The molecular weight excluding hydrogens is 168 g/mol. The van der Waals surface area contributed by atoms with Crippen LogP contribution in [0.2, 0.25) is 0 Å². The Balaban J connectivity index is 3.27. The van der Waals surface area contributed by atoms with Gasteiger partial charge < -0.3 is 4.74 Å². The molecule has 64 valence electrons. The summed E-state index contributed by atoms with van der Waals surface area (Å²) in [5.41, 5.74) is -0.684. The molecule has 1 aromatic heterocycles. The van der Waals surface area contributed by atoms with Crippen LogP contribution in [0.5, 0.6) is 5.88 Å². The molecule has 0 radical (unpaired) electrons. The zero-order chi connectivity index (χ0) is 9.14. The van der Waals surface area contributed by atoms with E-state index in [0.29, 0.717) is 0 Å². The fourth-order valence-corrected chi connectivity index (χ4v) is 0.683. The van der Waals surface area contributed by atoms with Crippen molar-refractivity contribution in [3.63, 3.8) is 0 Å². The van der Waals surface area contributed by atoms with Crippen LogP contribution in [0.3, 0.4) is 0 Å². The van der Waals surface area contributed by atoms with Gasteiger partial charge in [-0.05, 0) is 0 Å². The SMILES string of the molecule is COc1cc(F)c(C=O)c(F)n1. The minimum atomic E-state index is -1.16. The van der Waals surface area contributed by atoms with Gasteiger partial charge in [0.05, 0.1) is 7.11 Å². The first kappa shape index (κ1) is 8.58. The highest BCUT2D eigenvalue weighted by molar-refractivity contribution is 5.75. The van der Waals surface area contributed by atoms with E-state index in [4.69, 9.17) is 0 Å². The maximum absolute atomic E-state index is 12.7. The number of ether oxygens (including phenoxy) is 1. The van der Waals surface area contributed by atoms with E-state index in [1.165, 1.54) is 7.11 Å². The Morgan fingerprint density at radius 1 is 1.58 bits per heavy atom. The molecule has 1 rings (SSSR count). The minimum absolute atomic E-state index is 0.0666. The summed E-state index contributed by atoms with van der Waals surface area (Å²) in [4.78, 5) is 13.3. The summed E-state index contributed by atoms with van der Waals surface area (Å²) in [7, 11) is 1.22. The van der Waals surface area contributed by atoms with Gasteiger partial charge in [-0.2, -0.15) is 9.37 Å². The largest absolute Gasteiger partial charge is 0.481 e. The lowest BCUT2D eigenvalue weighted by Crippen LogP contribution is -1.99. The molecule has 0 aliphatic carbocycles. The summed E-state index contributed by atoms with van der Waals surface area (Å²) in [6.45, 7) is 0. The van der Waals surface area contributed by atoms with Gasteiger partial charge in [0.1, 0.15) is 11.4 Å². The lowest BCUT2D eigenvalue weighted by Gasteiger charge is -2.00. The molecule has 0 aliphatic rings. The van der Waals surface area contributed by atoms with E-state index in [0.717, 1.165) is 6.07 Å². The Labute approximate surface area is 67.0 Å². The van der Waals surface area contributed by atoms with Crippen LogP contribution in [0.4, 0.5) is 8.78 Å². The molecule has 0 saturated carbocycles. The topological polar surface area (TPSA) is 39.2 Å². The summed E-state index contributed by atoms with van der Waals surface area (Å²) in [6, 6.07) is 0.840. The minimum Gasteiger partial charge on any atom is -0.481 e. The number of carbonyl (C=O) groups excluding carboxylic acids is 1. The summed E-state index contributed by atoms with van der Waals surface area (Å²) in [5, 5.41) is 0. The molecular formula is C7H5F2NO2. The highest BCUT2D eigenvalue weighted by Crippen LogP contribution is 2.14. The van der Waals surface area contributed by atoms with Crippen molar-refractivity contribution in [2.45, 2.75) is 0 Å². The van der Waals surface area contributed by atoms with Crippen molar-refractivity contribution in [3.05, 3.63) is 23.4 Å². The number of carbonyl (C=O) groups is 1. The van der Waals surface area contributed by atoms with Gasteiger partial charge in [-0.3, -0.25) is 4.79 Å². The highest BCUT2D eigenvalue weighted by Gasteiger charge is 2.11. The fourth-order valence-electron chi connectivity index (χ4n) is 0.683. The predicted octanol–water partition coefficient (Wildman–Crippen LogP) is 1.18. The monoisotopic (exact) mass is 173 g/mol. The average molecular weight is 173 g/mol. The van der Waals surface area contributed by atoms with E-state index < -0.39 is 17.3 Å². The number of rotatable bonds is 2. The number of aromatic nitrogens is 1. The van der Waals surface area contributed by atoms with Crippen LogP contribution in [-0.4, -0.2) is 18.4 Å². The summed E-state index contributed by atoms with van der Waals surface area (Å²) in [6.07, 6.45) is 0.0666. The zero-order valence-corrected chi connectivity index (χ0v) is 6.17. The summed E-state index contributed by atoms with van der Waals surface area (Å²) >= 11 is 0. The van der Waals surface area contributed by atoms with Crippen molar-refractivity contribution < 1.29 is 18.3 Å². The molecule has 3 nitrogen and oxygen atoms in total. The molecule has 1 heterocycles. The van der Waals surface area contributed by atoms with Crippen LogP contribution in [0.15, 0.2) is 6.07 Å². The third kappa shape index (κ3) is 1.39. The molecule has 0 aromatic carbocycles. The van der Waals surface area contributed by atoms with E-state index in [-0.39, 0.29) is 12.2 Å². The quantitative estimate of drug-likeness (QED) is 0.498. The number of hydrogen-bond acceptors (Lipinski definition) is 3. The second kappa shape index (κ2) is 3.25. The van der Waals surface area contributed by atoms with E-state index in [2.05, 4.69) is 9.72 Å². The van der Waals surface area contributed by atoms with Gasteiger partial charge in [-0.15, -0.1) is 0 Å². The van der Waals surface area contributed by atoms with E-state index in [9.17, 15) is 13.6 Å². The Kier molecular flexibility index (Phi) is 2.32. The van der Waals surface area contributed by atoms with Crippen LogP contribution in [-0.2, 0) is 0 Å². The number of methoxy groups -OCH3 is 1. The van der Waals surface area contributed by atoms with Crippen LogP contribution in [0, 0.1) is 11.8 Å². The number of hydrogen-bond donors (Lipinski definition) is 0. The number of pyridine rings is 1. The van der Waals surface area contributed by atoms with Crippen LogP contribution >= 0.6 is 0 Å². The standard InChI is InChI=1S/C7H5F2NO2/c1-12-6-2-5(8)4(3-11)7(9)10-6/h2-3H,1H3. The van der Waals surface area contributed by atoms with Crippen LogP contribution < -0.4 is 4.74 Å². The van der Waals surface area contributed by atoms with Crippen molar-refractivity contribution in [3.8, 4) is 5.88 Å². The third-order valence-electron chi connectivity index (χ3n) is 1.27. The molecule has 0 unspecified atom stereocenters. The van der Waals surface area contributed by atoms with Gasteiger partial charge >= 0.3 is 0 Å². The molecule has 0 fully saturated rings. The van der Waals surface area contributed by atoms with E-state index in [1.54, 1.807) is 0 Å². The molecule has 0 bridgehead atoms. The Hall–Kier alpha value is -1.52. The second-order valence-corrected chi connectivity index (χ2v) is 1.97. The first-order chi connectivity index (χ1) is 5.69. The maximum Gasteiger partial charge on any atom is 0.229 e. The average Bonchev–Trinajstić information content (AvgIpc) is 2.03. The smallest absolute Gasteiger partial charge is 0.229 e. The first-order valence-electron chi connectivity index (χ1n) is 3.04. The van der Waals surface area contributed by atoms with Crippen LogP contribution in [0.25, 0.3) is 0 Å². The van der Waals surface area contributed by atoms with Gasteiger partial charge in [-0.1, -0.05) is 0 Å². The van der Waals surface area contributed by atoms with E-state index >= 15 is 0 Å².